The minimum atomic E-state index is -0.477. The standard InChI is InChI=1S/C26H29FN6O3/c1-36-15-3-10-32-11-13-33(14-12-32)26(35)18-6-8-19(9-7-18)29-17-24(31-28)21-16-20-22(27)4-2-5-23(20)30-25(21)34/h2,4-9,16-17,28-29H,3,10-15H2,1H3,(H,30,34)/b24-17-,31-28?. The summed E-state index contributed by atoms with van der Waals surface area (Å²) in [4.78, 5) is 32.2. The highest BCUT2D eigenvalue weighted by atomic mass is 19.1. The third-order valence-corrected chi connectivity index (χ3v) is 6.22. The summed E-state index contributed by atoms with van der Waals surface area (Å²) in [6.07, 6.45) is 2.39. The molecular weight excluding hydrogens is 463 g/mol. The van der Waals surface area contributed by atoms with Crippen LogP contribution in [0.5, 0.6) is 0 Å². The zero-order valence-electron chi connectivity index (χ0n) is 20.1. The van der Waals surface area contributed by atoms with Crippen LogP contribution in [-0.2, 0) is 4.74 Å². The maximum atomic E-state index is 14.2. The average Bonchev–Trinajstić information content (AvgIpc) is 2.90. The van der Waals surface area contributed by atoms with Crippen LogP contribution in [0.3, 0.4) is 0 Å². The van der Waals surface area contributed by atoms with Crippen molar-refractivity contribution in [3.8, 4) is 0 Å². The summed E-state index contributed by atoms with van der Waals surface area (Å²) in [6.45, 7) is 4.77. The van der Waals surface area contributed by atoms with Gasteiger partial charge in [0.25, 0.3) is 11.5 Å². The highest BCUT2D eigenvalue weighted by molar-refractivity contribution is 5.94. The summed E-state index contributed by atoms with van der Waals surface area (Å²) >= 11 is 0. The monoisotopic (exact) mass is 492 g/mol. The number of halogens is 1. The summed E-state index contributed by atoms with van der Waals surface area (Å²) in [5, 5.41) is 6.67. The first-order chi connectivity index (χ1) is 17.5. The highest BCUT2D eigenvalue weighted by Crippen LogP contribution is 2.20. The first-order valence-corrected chi connectivity index (χ1v) is 11.8. The van der Waals surface area contributed by atoms with E-state index in [1.165, 1.54) is 24.4 Å². The van der Waals surface area contributed by atoms with Crippen LogP contribution in [0.25, 0.3) is 16.6 Å². The molecule has 1 fully saturated rings. The van der Waals surface area contributed by atoms with Gasteiger partial charge in [-0.05, 0) is 48.9 Å². The summed E-state index contributed by atoms with van der Waals surface area (Å²) in [5.41, 5.74) is 8.75. The molecule has 0 bridgehead atoms. The largest absolute Gasteiger partial charge is 0.385 e. The predicted molar refractivity (Wildman–Crippen MR) is 137 cm³/mol. The number of fused-ring (bicyclic) bond motifs is 1. The Hall–Kier alpha value is -3.89. The fourth-order valence-electron chi connectivity index (χ4n) is 4.20. The van der Waals surface area contributed by atoms with E-state index in [2.05, 4.69) is 20.3 Å². The average molecular weight is 493 g/mol. The van der Waals surface area contributed by atoms with E-state index in [4.69, 9.17) is 10.3 Å². The van der Waals surface area contributed by atoms with Crippen LogP contribution in [-0.4, -0.2) is 67.1 Å². The summed E-state index contributed by atoms with van der Waals surface area (Å²) in [5.74, 6) is -0.491. The number of carbonyl (C=O) groups is 1. The zero-order chi connectivity index (χ0) is 25.5. The van der Waals surface area contributed by atoms with Crippen LogP contribution in [0.15, 0.2) is 64.6 Å². The molecule has 2 heterocycles. The first kappa shape index (κ1) is 25.2. The van der Waals surface area contributed by atoms with Gasteiger partial charge in [-0.1, -0.05) is 6.07 Å². The second kappa shape index (κ2) is 11.7. The van der Waals surface area contributed by atoms with E-state index in [1.54, 1.807) is 37.4 Å². The van der Waals surface area contributed by atoms with Gasteiger partial charge in [-0.2, -0.15) is 5.11 Å². The Bertz CT molecular complexity index is 1310. The lowest BCUT2D eigenvalue weighted by atomic mass is 10.1. The molecule has 0 unspecified atom stereocenters. The quantitative estimate of drug-likeness (QED) is 0.310. The molecule has 0 saturated carbocycles. The number of rotatable bonds is 9. The topological polar surface area (TPSA) is 114 Å². The van der Waals surface area contributed by atoms with E-state index in [0.717, 1.165) is 32.7 Å². The molecule has 36 heavy (non-hydrogen) atoms. The number of anilines is 1. The molecule has 9 nitrogen and oxygen atoms in total. The molecule has 1 aliphatic rings. The Labute approximate surface area is 208 Å². The molecule has 3 aromatic rings. The number of hydrogen-bond donors (Lipinski definition) is 3. The lowest BCUT2D eigenvalue weighted by Gasteiger charge is -2.34. The van der Waals surface area contributed by atoms with Crippen LogP contribution in [0.4, 0.5) is 10.1 Å². The minimum Gasteiger partial charge on any atom is -0.385 e. The molecule has 1 saturated heterocycles. The van der Waals surface area contributed by atoms with Crippen LogP contribution < -0.4 is 10.9 Å². The maximum absolute atomic E-state index is 14.2. The van der Waals surface area contributed by atoms with Gasteiger partial charge < -0.3 is 19.9 Å². The highest BCUT2D eigenvalue weighted by Gasteiger charge is 2.21. The van der Waals surface area contributed by atoms with Gasteiger partial charge in [0.2, 0.25) is 0 Å². The molecule has 10 heteroatoms. The lowest BCUT2D eigenvalue weighted by molar-refractivity contribution is 0.0624. The fraction of sp³-hybridized carbons (Fsp3) is 0.308. The van der Waals surface area contributed by atoms with Gasteiger partial charge in [0.15, 0.2) is 0 Å². The van der Waals surface area contributed by atoms with Crippen LogP contribution in [0, 0.1) is 11.3 Å². The lowest BCUT2D eigenvalue weighted by Crippen LogP contribution is -2.48. The summed E-state index contributed by atoms with van der Waals surface area (Å²) in [6, 6.07) is 12.8. The number of ether oxygens (including phenoxy) is 1. The predicted octanol–water partition coefficient (Wildman–Crippen LogP) is 3.90. The van der Waals surface area contributed by atoms with Crippen molar-refractivity contribution in [2.75, 3.05) is 51.8 Å². The molecule has 0 radical (unpaired) electrons. The number of amides is 1. The van der Waals surface area contributed by atoms with Crippen molar-refractivity contribution < 1.29 is 13.9 Å². The number of pyridine rings is 1. The van der Waals surface area contributed by atoms with E-state index in [1.807, 2.05) is 4.90 Å². The van der Waals surface area contributed by atoms with Gasteiger partial charge in [-0.15, -0.1) is 0 Å². The Morgan fingerprint density at radius 1 is 1.19 bits per heavy atom. The molecule has 1 aliphatic heterocycles. The number of nitrogens with zero attached hydrogens (tertiary/aromatic N) is 3. The Morgan fingerprint density at radius 2 is 1.94 bits per heavy atom. The molecule has 4 rings (SSSR count). The molecule has 1 aromatic heterocycles. The number of nitrogens with one attached hydrogen (secondary N) is 3. The summed E-state index contributed by atoms with van der Waals surface area (Å²) in [7, 11) is 1.70. The molecule has 3 N–H and O–H groups in total. The second-order valence-electron chi connectivity index (χ2n) is 8.56. The Morgan fingerprint density at radius 3 is 2.64 bits per heavy atom. The van der Waals surface area contributed by atoms with Crippen LogP contribution in [0.2, 0.25) is 0 Å². The van der Waals surface area contributed by atoms with Crippen molar-refractivity contribution in [2.24, 2.45) is 5.11 Å². The van der Waals surface area contributed by atoms with Crippen LogP contribution in [0.1, 0.15) is 22.3 Å². The molecule has 188 valence electrons. The molecule has 1 amide bonds. The fourth-order valence-corrected chi connectivity index (χ4v) is 4.20. The third kappa shape index (κ3) is 5.84. The number of H-pyrrole nitrogens is 1. The molecule has 0 atom stereocenters. The van der Waals surface area contributed by atoms with E-state index < -0.39 is 11.4 Å². The minimum absolute atomic E-state index is 0.0137. The number of piperazine rings is 1. The zero-order valence-corrected chi connectivity index (χ0v) is 20.1. The molecular formula is C26H29FN6O3. The van der Waals surface area contributed by atoms with Gasteiger partial charge in [0.1, 0.15) is 11.5 Å². The van der Waals surface area contributed by atoms with Gasteiger partial charge in [-0.25, -0.2) is 9.92 Å². The van der Waals surface area contributed by atoms with Gasteiger partial charge >= 0.3 is 0 Å². The van der Waals surface area contributed by atoms with Crippen molar-refractivity contribution in [1.82, 2.24) is 14.8 Å². The van der Waals surface area contributed by atoms with Gasteiger partial charge in [0, 0.05) is 69.3 Å². The normalized spacial score (nSPS) is 14.7. The molecule has 0 spiro atoms. The summed E-state index contributed by atoms with van der Waals surface area (Å²) < 4.78 is 19.3. The van der Waals surface area contributed by atoms with E-state index in [9.17, 15) is 14.0 Å². The maximum Gasteiger partial charge on any atom is 0.258 e. The van der Waals surface area contributed by atoms with Gasteiger partial charge in [0.05, 0.1) is 11.1 Å². The first-order valence-electron chi connectivity index (χ1n) is 11.8. The van der Waals surface area contributed by atoms with E-state index in [-0.39, 0.29) is 22.6 Å². The SMILES string of the molecule is COCCCN1CCN(C(=O)c2ccc(N/C=C(\N=N)c3cc4c(F)cccc4[nH]c3=O)cc2)CC1. The van der Waals surface area contributed by atoms with Crippen molar-refractivity contribution >= 4 is 28.2 Å². The van der Waals surface area contributed by atoms with Crippen molar-refractivity contribution in [1.29, 1.82) is 5.53 Å². The number of methoxy groups -OCH3 is 1. The van der Waals surface area contributed by atoms with Crippen LogP contribution >= 0.6 is 0 Å². The molecule has 2 aromatic carbocycles. The number of hydrogen-bond acceptors (Lipinski definition) is 7. The third-order valence-electron chi connectivity index (χ3n) is 6.22. The van der Waals surface area contributed by atoms with Gasteiger partial charge in [-0.3, -0.25) is 14.5 Å². The van der Waals surface area contributed by atoms with Crippen molar-refractivity contribution in [2.45, 2.75) is 6.42 Å². The smallest absolute Gasteiger partial charge is 0.258 e. The number of benzene rings is 2. The van der Waals surface area contributed by atoms with Crippen molar-refractivity contribution in [3.05, 3.63) is 82.0 Å². The second-order valence-corrected chi connectivity index (χ2v) is 8.56. The number of carbonyl (C=O) groups excluding carboxylic acids is 1. The Balaban J connectivity index is 1.40. The van der Waals surface area contributed by atoms with Crippen molar-refractivity contribution in [3.63, 3.8) is 0 Å². The van der Waals surface area contributed by atoms with E-state index in [0.29, 0.717) is 29.9 Å². The molecule has 0 aliphatic carbocycles. The Kier molecular flexibility index (Phi) is 8.19. The number of aromatic nitrogens is 1. The van der Waals surface area contributed by atoms with E-state index >= 15 is 0 Å². The number of aromatic amines is 1.